The molecule has 0 radical (unpaired) electrons. The van der Waals surface area contributed by atoms with Crippen molar-refractivity contribution in [2.45, 2.75) is 261 Å². The maximum Gasteiger partial charge on any atom is 0.393 e. The summed E-state index contributed by atoms with van der Waals surface area (Å²) in [4.78, 5) is 192. The summed E-state index contributed by atoms with van der Waals surface area (Å²) in [6, 6.07) is -9.76. The van der Waals surface area contributed by atoms with Gasteiger partial charge in [0, 0.05) is 74.3 Å². The van der Waals surface area contributed by atoms with Crippen LogP contribution in [0.15, 0.2) is 12.2 Å². The van der Waals surface area contributed by atoms with Crippen LogP contribution in [-0.4, -0.2) is 262 Å². The van der Waals surface area contributed by atoms with Crippen molar-refractivity contribution in [1.29, 1.82) is 0 Å². The summed E-state index contributed by atoms with van der Waals surface area (Å²) >= 11 is 6.44. The topological polar surface area (TPSA) is 270 Å². The molecule has 0 aromatic rings. The number of hydrogen-bond donors (Lipinski definition) is 3. The molecule has 7 rings (SSSR count). The first-order valence-electron chi connectivity index (χ1n) is 37.8. The minimum atomic E-state index is -4.51. The third-order valence-corrected chi connectivity index (χ3v) is 24.4. The molecule has 13 atom stereocenters. The molecule has 2 bridgehead atoms. The van der Waals surface area contributed by atoms with Crippen molar-refractivity contribution in [1.82, 2.24) is 60.0 Å². The third kappa shape index (κ3) is 19.9. The highest BCUT2D eigenvalue weighted by Crippen LogP contribution is 2.44. The molecule has 0 aromatic heterocycles. The summed E-state index contributed by atoms with van der Waals surface area (Å²) in [5, 5.41) is 7.60. The van der Waals surface area contributed by atoms with Gasteiger partial charge in [-0.15, -0.1) is 11.6 Å². The second-order valence-corrected chi connectivity index (χ2v) is 31.8. The Bertz CT molecular complexity index is 3030. The van der Waals surface area contributed by atoms with Crippen molar-refractivity contribution in [2.75, 3.05) is 82.1 Å². The van der Waals surface area contributed by atoms with E-state index in [0.29, 0.717) is 44.4 Å². The van der Waals surface area contributed by atoms with Crippen LogP contribution in [0.5, 0.6) is 0 Å². The number of amides is 12. The van der Waals surface area contributed by atoms with E-state index < -0.39 is 174 Å². The number of alkyl halides is 4. The number of carbonyl (C=O) groups is 12. The summed E-state index contributed by atoms with van der Waals surface area (Å²) in [7, 11) is 10.2. The molecule has 28 heteroatoms. The summed E-state index contributed by atoms with van der Waals surface area (Å²) < 4.78 is 42.2. The number of carbonyl (C=O) groups excluding carboxylic acids is 12. The van der Waals surface area contributed by atoms with E-state index in [2.05, 4.69) is 22.9 Å². The molecule has 3 aliphatic heterocycles. The molecule has 574 valence electrons. The number of rotatable bonds is 12. The van der Waals surface area contributed by atoms with Crippen LogP contribution in [0.25, 0.3) is 0 Å². The van der Waals surface area contributed by atoms with Crippen molar-refractivity contribution in [3.8, 4) is 0 Å². The van der Waals surface area contributed by atoms with Crippen molar-refractivity contribution in [2.24, 2.45) is 41.4 Å². The Morgan fingerprint density at radius 2 is 1.30 bits per heavy atom. The maximum atomic E-state index is 15.5. The van der Waals surface area contributed by atoms with E-state index in [0.717, 1.165) is 38.5 Å². The molecule has 102 heavy (non-hydrogen) atoms. The van der Waals surface area contributed by atoms with Gasteiger partial charge in [-0.3, -0.25) is 57.5 Å². The second kappa shape index (κ2) is 36.4. The molecular weight excluding hydrogens is 1340 g/mol. The zero-order chi connectivity index (χ0) is 75.4. The third-order valence-electron chi connectivity index (χ3n) is 23.9. The molecule has 6 fully saturated rings. The van der Waals surface area contributed by atoms with Crippen LogP contribution in [0, 0.1) is 41.4 Å². The molecule has 3 heterocycles. The predicted molar refractivity (Wildman–Crippen MR) is 379 cm³/mol. The Balaban J connectivity index is 1.29. The molecule has 12 amide bonds. The molecule has 3 unspecified atom stereocenters. The lowest BCUT2D eigenvalue weighted by Crippen LogP contribution is -2.68. The second-order valence-electron chi connectivity index (χ2n) is 31.2. The highest BCUT2D eigenvalue weighted by molar-refractivity contribution is 6.21. The molecule has 7 aliphatic rings. The van der Waals surface area contributed by atoms with E-state index in [1.165, 1.54) is 93.4 Å². The van der Waals surface area contributed by atoms with Crippen LogP contribution in [0.1, 0.15) is 196 Å². The summed E-state index contributed by atoms with van der Waals surface area (Å²) in [6.07, 6.45) is 7.19. The van der Waals surface area contributed by atoms with E-state index in [9.17, 15) is 41.9 Å². The Morgan fingerprint density at radius 3 is 1.90 bits per heavy atom. The lowest BCUT2D eigenvalue weighted by atomic mass is 9.74. The molecule has 1 spiro atoms. The van der Waals surface area contributed by atoms with Gasteiger partial charge in [0.15, 0.2) is 0 Å². The number of halogens is 4. The normalized spacial score (nSPS) is 32.2. The first-order valence-corrected chi connectivity index (χ1v) is 38.2. The predicted octanol–water partition coefficient (Wildman–Crippen LogP) is 6.50. The summed E-state index contributed by atoms with van der Waals surface area (Å²) in [6.45, 7) is 10.4. The van der Waals surface area contributed by atoms with Gasteiger partial charge in [-0.1, -0.05) is 98.1 Å². The average molecular weight is 1460 g/mol. The van der Waals surface area contributed by atoms with Gasteiger partial charge in [0.05, 0.1) is 25.4 Å². The quantitative estimate of drug-likeness (QED) is 0.140. The van der Waals surface area contributed by atoms with Crippen LogP contribution in [0.2, 0.25) is 0 Å². The lowest BCUT2D eigenvalue weighted by molar-refractivity contribution is -0.182. The van der Waals surface area contributed by atoms with Gasteiger partial charge in [0.2, 0.25) is 70.9 Å². The number of hydrogen-bond acceptors (Lipinski definition) is 12. The molecule has 0 aromatic carbocycles. The van der Waals surface area contributed by atoms with Crippen molar-refractivity contribution in [3.05, 3.63) is 12.2 Å². The standard InChI is InChI=1S/C74H118ClF3N12O12/c1-14-23-54-64(94)80-62(47(6)15-2)70(100)84(9)44-61(93)86(11)55-26-18-17-21-37-89(69(55)99)58(40-49-29-27-45(4)28-30-49)68(98)83(8)43-59(91)79-53(34-32-48-31-33-51(52(75)39-48)74(76,77)78)66(96)90-42-46(5)38-56(90)65(95)81-73(35-22-36-73)72(102)88(13)63(50-24-19-20-25-50)71(101)87(12)57(41-60(92)85(54)10)67(97)82(7)16-3/h17-18,45-58,62-63H,14-16,19-44H2,1-13H3,(H,79,91)(H,80,94)(H,81,95)/b18-17-/t45?,46-,47-,48?,49?,51?,52?,53-,54-,55-,56-,57-,58-,62-,63-/m0/s1. The molecule has 3 N–H and O–H groups in total. The van der Waals surface area contributed by atoms with Crippen LogP contribution < -0.4 is 16.0 Å². The van der Waals surface area contributed by atoms with Gasteiger partial charge in [0.1, 0.15) is 53.9 Å². The van der Waals surface area contributed by atoms with Crippen LogP contribution in [0.4, 0.5) is 13.2 Å². The van der Waals surface area contributed by atoms with E-state index >= 15 is 28.8 Å². The van der Waals surface area contributed by atoms with Gasteiger partial charge in [0.25, 0.3) is 0 Å². The Hall–Kier alpha value is -6.54. The van der Waals surface area contributed by atoms with E-state index in [-0.39, 0.29) is 108 Å². The molecule has 2 saturated heterocycles. The smallest absolute Gasteiger partial charge is 0.344 e. The van der Waals surface area contributed by atoms with Crippen molar-refractivity contribution in [3.63, 3.8) is 0 Å². The number of fused-ring (bicyclic) bond motifs is 3. The van der Waals surface area contributed by atoms with E-state index in [4.69, 9.17) is 11.6 Å². The monoisotopic (exact) mass is 1460 g/mol. The summed E-state index contributed by atoms with van der Waals surface area (Å²) in [5.41, 5.74) is -1.54. The summed E-state index contributed by atoms with van der Waals surface area (Å²) in [5.74, 6) is -10.3. The average Bonchev–Trinajstić information content (AvgIpc) is 1.15. The highest BCUT2D eigenvalue weighted by Gasteiger charge is 2.54. The fraction of sp³-hybridized carbons (Fsp3) is 0.811. The lowest BCUT2D eigenvalue weighted by Gasteiger charge is -2.46. The molecule has 4 aliphatic carbocycles. The van der Waals surface area contributed by atoms with Gasteiger partial charge < -0.3 is 60.0 Å². The van der Waals surface area contributed by atoms with Crippen molar-refractivity contribution >= 4 is 82.5 Å². The van der Waals surface area contributed by atoms with E-state index in [1.807, 2.05) is 26.8 Å². The maximum absolute atomic E-state index is 15.5. The SMILES string of the molecule is CCC[C@H]1C(=O)N[C@@H]([C@@H](C)CC)C(=O)N(C)CC(=O)N(C)[C@H]2C/C=C\CCN(C2=O)[C@@H](CC2CCC(C)CC2)C(=O)N(C)CC(=O)N[C@@H](CCC2CCC(C(F)(F)F)C(Cl)C2)C(=O)N2C[C@@H](C)C[C@H]2C(=O)NC2(CCC2)C(=O)N(C)[C@@H](C2CCCC2)C(=O)N(C)[C@H](C(=O)N(C)CC)CC(=O)N1C. The Labute approximate surface area is 607 Å². The largest absolute Gasteiger partial charge is 0.393 e. The van der Waals surface area contributed by atoms with Crippen LogP contribution in [-0.2, 0) is 57.5 Å². The van der Waals surface area contributed by atoms with Gasteiger partial charge >= 0.3 is 6.18 Å². The van der Waals surface area contributed by atoms with Crippen molar-refractivity contribution < 1.29 is 70.7 Å². The Morgan fingerprint density at radius 1 is 0.657 bits per heavy atom. The number of nitrogens with one attached hydrogen (secondary N) is 3. The van der Waals surface area contributed by atoms with Crippen LogP contribution in [0.3, 0.4) is 0 Å². The number of likely N-dealkylation sites (N-methyl/N-ethyl adjacent to an activating group) is 7. The fourth-order valence-corrected chi connectivity index (χ4v) is 17.2. The van der Waals surface area contributed by atoms with Gasteiger partial charge in [-0.25, -0.2) is 0 Å². The van der Waals surface area contributed by atoms with Gasteiger partial charge in [-0.05, 0) is 139 Å². The zero-order valence-electron chi connectivity index (χ0n) is 62.8. The molecule has 24 nitrogen and oxygen atoms in total. The molecule has 4 saturated carbocycles. The molecular formula is C74H118ClF3N12O12. The fourth-order valence-electron chi connectivity index (χ4n) is 16.7. The first-order chi connectivity index (χ1) is 48.1. The zero-order valence-corrected chi connectivity index (χ0v) is 63.6. The van der Waals surface area contributed by atoms with Crippen LogP contribution >= 0.6 is 11.6 Å². The van der Waals surface area contributed by atoms with E-state index in [1.54, 1.807) is 19.9 Å². The minimum absolute atomic E-state index is 0.00311. The number of nitrogens with zero attached hydrogens (tertiary/aromatic N) is 9. The highest BCUT2D eigenvalue weighted by atomic mass is 35.5. The first kappa shape index (κ1) is 82.7. The minimum Gasteiger partial charge on any atom is -0.344 e. The Kier molecular flexibility index (Phi) is 29.6. The van der Waals surface area contributed by atoms with Gasteiger partial charge in [-0.2, -0.15) is 13.2 Å².